The molecule has 0 aliphatic carbocycles. The number of rotatable bonds is 3. The molecule has 1 atom stereocenters. The van der Waals surface area contributed by atoms with E-state index in [0.29, 0.717) is 22.4 Å². The van der Waals surface area contributed by atoms with Crippen LogP contribution in [0.1, 0.15) is 16.7 Å². The first-order chi connectivity index (χ1) is 15.0. The summed E-state index contributed by atoms with van der Waals surface area (Å²) in [6, 6.07) is 19.3. The first kappa shape index (κ1) is 20.1. The van der Waals surface area contributed by atoms with Crippen molar-refractivity contribution >= 4 is 34.2 Å². The molecule has 1 aliphatic rings. The maximum absolute atomic E-state index is 12.3. The van der Waals surface area contributed by atoms with Crippen LogP contribution in [0.3, 0.4) is 0 Å². The summed E-state index contributed by atoms with van der Waals surface area (Å²) in [5.41, 5.74) is 5.12. The quantitative estimate of drug-likeness (QED) is 0.444. The molecule has 156 valence electrons. The first-order valence-corrected chi connectivity index (χ1v) is 10.8. The van der Waals surface area contributed by atoms with Gasteiger partial charge in [-0.1, -0.05) is 59.6 Å². The van der Waals surface area contributed by atoms with E-state index in [-0.39, 0.29) is 5.63 Å². The maximum atomic E-state index is 12.3. The third-order valence-corrected chi connectivity index (χ3v) is 6.41. The van der Waals surface area contributed by atoms with Crippen molar-refractivity contribution in [2.24, 2.45) is 0 Å². The minimum atomic E-state index is -0.364. The number of fused-ring (bicyclic) bond motifs is 2. The van der Waals surface area contributed by atoms with Crippen molar-refractivity contribution < 1.29 is 14.1 Å². The number of hydrogen-bond donors (Lipinski definition) is 1. The van der Waals surface area contributed by atoms with Gasteiger partial charge in [-0.2, -0.15) is 0 Å². The normalized spacial score (nSPS) is 15.5. The molecule has 0 saturated carbocycles. The zero-order valence-corrected chi connectivity index (χ0v) is 18.4. The highest BCUT2D eigenvalue weighted by Gasteiger charge is 2.26. The van der Waals surface area contributed by atoms with Crippen molar-refractivity contribution in [1.29, 1.82) is 0 Å². The summed E-state index contributed by atoms with van der Waals surface area (Å²) >= 11 is 12.2. The van der Waals surface area contributed by atoms with E-state index in [4.69, 9.17) is 32.4 Å². The van der Waals surface area contributed by atoms with E-state index in [0.717, 1.165) is 52.0 Å². The van der Waals surface area contributed by atoms with Crippen LogP contribution in [0, 0.1) is 6.92 Å². The van der Waals surface area contributed by atoms with Crippen molar-refractivity contribution in [1.82, 2.24) is 0 Å². The van der Waals surface area contributed by atoms with E-state index in [9.17, 15) is 4.79 Å². The number of halogens is 2. The fourth-order valence-electron chi connectivity index (χ4n) is 4.24. The highest BCUT2D eigenvalue weighted by Crippen LogP contribution is 2.36. The number of aryl methyl sites for hydroxylation is 1. The van der Waals surface area contributed by atoms with Crippen LogP contribution in [-0.2, 0) is 13.1 Å². The minimum absolute atomic E-state index is 0.364. The predicted octanol–water partition coefficient (Wildman–Crippen LogP) is 5.01. The van der Waals surface area contributed by atoms with Gasteiger partial charge in [-0.15, -0.1) is 0 Å². The zero-order chi connectivity index (χ0) is 21.5. The molecule has 0 spiro atoms. The molecule has 1 aliphatic heterocycles. The molecular weight excluding hydrogens is 433 g/mol. The smallest absolute Gasteiger partial charge is 0.336 e. The van der Waals surface area contributed by atoms with Crippen LogP contribution < -0.4 is 15.3 Å². The Balaban J connectivity index is 1.56. The van der Waals surface area contributed by atoms with Crippen LogP contribution in [-0.4, -0.2) is 6.73 Å². The van der Waals surface area contributed by atoms with E-state index in [1.165, 1.54) is 4.90 Å². The van der Waals surface area contributed by atoms with Crippen LogP contribution in [0.5, 0.6) is 5.75 Å². The molecule has 1 N–H and O–H groups in total. The molecule has 1 aromatic heterocycles. The molecule has 2 heterocycles. The van der Waals surface area contributed by atoms with Crippen LogP contribution >= 0.6 is 23.2 Å². The molecule has 0 saturated heterocycles. The third kappa shape index (κ3) is 3.83. The van der Waals surface area contributed by atoms with Gasteiger partial charge < -0.3 is 9.15 Å². The number of benzene rings is 3. The Kier molecular flexibility index (Phi) is 5.22. The predicted molar refractivity (Wildman–Crippen MR) is 123 cm³/mol. The van der Waals surface area contributed by atoms with Crippen LogP contribution in [0.25, 0.3) is 22.1 Å². The Morgan fingerprint density at radius 3 is 2.58 bits per heavy atom. The van der Waals surface area contributed by atoms with Crippen molar-refractivity contribution in [3.8, 4) is 16.9 Å². The maximum Gasteiger partial charge on any atom is 0.336 e. The summed E-state index contributed by atoms with van der Waals surface area (Å²) in [7, 11) is 0. The van der Waals surface area contributed by atoms with E-state index in [1.54, 1.807) is 6.07 Å². The molecule has 0 bridgehead atoms. The molecule has 4 nitrogen and oxygen atoms in total. The SMILES string of the molecule is Cc1c2c(cc3c(-c4ccccc4)cc(=O)oc13)C[NH+](Cc1ccc(Cl)c(Cl)c1)CO2. The highest BCUT2D eigenvalue weighted by molar-refractivity contribution is 6.42. The summed E-state index contributed by atoms with van der Waals surface area (Å²) in [5, 5.41) is 2.03. The van der Waals surface area contributed by atoms with Gasteiger partial charge in [-0.05, 0) is 36.2 Å². The average Bonchev–Trinajstić information content (AvgIpc) is 2.77. The summed E-state index contributed by atoms with van der Waals surface area (Å²) in [4.78, 5) is 13.5. The lowest BCUT2D eigenvalue weighted by molar-refractivity contribution is -0.945. The lowest BCUT2D eigenvalue weighted by Gasteiger charge is -2.28. The van der Waals surface area contributed by atoms with Gasteiger partial charge in [-0.25, -0.2) is 4.79 Å². The van der Waals surface area contributed by atoms with Crippen molar-refractivity contribution in [2.45, 2.75) is 20.0 Å². The number of hydrogen-bond acceptors (Lipinski definition) is 3. The summed E-state index contributed by atoms with van der Waals surface area (Å²) in [6.07, 6.45) is 0. The molecule has 1 unspecified atom stereocenters. The topological polar surface area (TPSA) is 43.9 Å². The lowest BCUT2D eigenvalue weighted by atomic mass is 9.97. The molecule has 5 rings (SSSR count). The second-order valence-electron chi connectivity index (χ2n) is 7.85. The first-order valence-electron chi connectivity index (χ1n) is 10.1. The number of nitrogens with one attached hydrogen (secondary N) is 1. The fraction of sp³-hybridized carbons (Fsp3) is 0.160. The number of ether oxygens (including phenoxy) is 1. The number of quaternary nitrogens is 1. The highest BCUT2D eigenvalue weighted by atomic mass is 35.5. The van der Waals surface area contributed by atoms with Crippen molar-refractivity contribution in [3.63, 3.8) is 0 Å². The average molecular weight is 453 g/mol. The van der Waals surface area contributed by atoms with E-state index >= 15 is 0 Å². The van der Waals surface area contributed by atoms with Crippen molar-refractivity contribution in [3.05, 3.63) is 97.8 Å². The Morgan fingerprint density at radius 2 is 1.81 bits per heavy atom. The van der Waals surface area contributed by atoms with Gasteiger partial charge in [0.2, 0.25) is 6.73 Å². The Labute approximate surface area is 189 Å². The molecule has 4 aromatic rings. The van der Waals surface area contributed by atoms with Gasteiger partial charge in [0.25, 0.3) is 0 Å². The van der Waals surface area contributed by atoms with Crippen LogP contribution in [0.4, 0.5) is 0 Å². The van der Waals surface area contributed by atoms with Gasteiger partial charge in [0.05, 0.1) is 10.0 Å². The molecule has 0 fully saturated rings. The van der Waals surface area contributed by atoms with Gasteiger partial charge in [0.15, 0.2) is 0 Å². The standard InChI is InChI=1S/C25H19Cl2NO3/c1-15-24-18(13-28(14-30-24)12-16-7-8-21(26)22(27)9-16)10-20-19(11-23(29)31-25(15)20)17-5-3-2-4-6-17/h2-11H,12-14H2,1H3/p+1. The summed E-state index contributed by atoms with van der Waals surface area (Å²) in [6.45, 7) is 4.02. The molecule has 0 amide bonds. The van der Waals surface area contributed by atoms with Gasteiger partial charge >= 0.3 is 5.63 Å². The fourth-order valence-corrected chi connectivity index (χ4v) is 4.56. The van der Waals surface area contributed by atoms with Crippen molar-refractivity contribution in [2.75, 3.05) is 6.73 Å². The van der Waals surface area contributed by atoms with E-state index in [2.05, 4.69) is 6.07 Å². The molecule has 3 aromatic carbocycles. The molecular formula is C25H20Cl2NO3+. The zero-order valence-electron chi connectivity index (χ0n) is 16.9. The Morgan fingerprint density at radius 1 is 1.00 bits per heavy atom. The molecule has 0 radical (unpaired) electrons. The third-order valence-electron chi connectivity index (χ3n) is 5.68. The van der Waals surface area contributed by atoms with E-state index in [1.807, 2.05) is 55.5 Å². The lowest BCUT2D eigenvalue weighted by Crippen LogP contribution is -3.10. The Hall–Kier alpha value is -2.79. The summed E-state index contributed by atoms with van der Waals surface area (Å²) in [5.74, 6) is 0.804. The van der Waals surface area contributed by atoms with E-state index < -0.39 is 0 Å². The monoisotopic (exact) mass is 452 g/mol. The largest absolute Gasteiger partial charge is 0.444 e. The second-order valence-corrected chi connectivity index (χ2v) is 8.67. The Bertz CT molecular complexity index is 1350. The van der Waals surface area contributed by atoms with Gasteiger partial charge in [-0.3, -0.25) is 4.90 Å². The molecule has 6 heteroatoms. The van der Waals surface area contributed by atoms with Gasteiger partial charge in [0, 0.05) is 28.1 Å². The van der Waals surface area contributed by atoms with Gasteiger partial charge in [0.1, 0.15) is 24.4 Å². The second kappa shape index (κ2) is 8.04. The van der Waals surface area contributed by atoms with Crippen LogP contribution in [0.2, 0.25) is 10.0 Å². The summed E-state index contributed by atoms with van der Waals surface area (Å²) < 4.78 is 11.7. The van der Waals surface area contributed by atoms with Crippen LogP contribution in [0.15, 0.2) is 69.9 Å². The molecule has 31 heavy (non-hydrogen) atoms. The minimum Gasteiger partial charge on any atom is -0.444 e.